The molecule has 0 aromatic carbocycles. The van der Waals surface area contributed by atoms with E-state index in [1.54, 1.807) is 6.92 Å². The fourth-order valence-corrected chi connectivity index (χ4v) is 2.61. The van der Waals surface area contributed by atoms with Gasteiger partial charge in [0.1, 0.15) is 0 Å². The van der Waals surface area contributed by atoms with E-state index in [0.717, 1.165) is 0 Å². The van der Waals surface area contributed by atoms with Gasteiger partial charge in [0.05, 0.1) is 0 Å². The highest BCUT2D eigenvalue weighted by Crippen LogP contribution is 2.37. The number of alkyl halides is 2. The monoisotopic (exact) mass is 362 g/mol. The number of rotatable bonds is 6. The number of halogens is 2. The molecular weight excluding hydrogens is 352 g/mol. The van der Waals surface area contributed by atoms with Crippen LogP contribution in [-0.4, -0.2) is 31.5 Å². The van der Waals surface area contributed by atoms with Crippen molar-refractivity contribution in [3.63, 3.8) is 0 Å². The normalized spacial score (nSPS) is 18.9. The minimum atomic E-state index is -1.74. The molecule has 0 saturated heterocycles. The third kappa shape index (κ3) is 3.11. The van der Waals surface area contributed by atoms with E-state index in [1.807, 2.05) is 0 Å². The molecule has 0 amide bonds. The van der Waals surface area contributed by atoms with Crippen molar-refractivity contribution in [2.24, 2.45) is 0 Å². The summed E-state index contributed by atoms with van der Waals surface area (Å²) < 4.78 is 1.63. The quantitative estimate of drug-likeness (QED) is 0.312. The van der Waals surface area contributed by atoms with E-state index in [9.17, 15) is 20.2 Å². The fourth-order valence-electron chi connectivity index (χ4n) is 1.14. The van der Waals surface area contributed by atoms with Crippen LogP contribution in [0.2, 0.25) is 0 Å². The maximum Gasteiger partial charge on any atom is 0.305 e. The Morgan fingerprint density at radius 1 is 1.19 bits per heavy atom. The molecule has 0 spiro atoms. The molecule has 7 nitrogen and oxygen atoms in total. The summed E-state index contributed by atoms with van der Waals surface area (Å²) in [5, 5.41) is 21.7. The Kier molecular flexibility index (Phi) is 5.27. The smallest absolute Gasteiger partial charge is 0.305 e. The van der Waals surface area contributed by atoms with Crippen LogP contribution in [0.3, 0.4) is 0 Å². The summed E-state index contributed by atoms with van der Waals surface area (Å²) in [7, 11) is 0. The second kappa shape index (κ2) is 5.37. The lowest BCUT2D eigenvalue weighted by molar-refractivity contribution is -0.590. The summed E-state index contributed by atoms with van der Waals surface area (Å²) in [5.41, 5.74) is 0. The van der Waals surface area contributed by atoms with Crippen LogP contribution >= 0.6 is 31.9 Å². The van der Waals surface area contributed by atoms with Crippen LogP contribution < -0.4 is 0 Å². The van der Waals surface area contributed by atoms with Crippen LogP contribution in [-0.2, 0) is 4.74 Å². The van der Waals surface area contributed by atoms with Crippen molar-refractivity contribution >= 4 is 31.9 Å². The summed E-state index contributed by atoms with van der Waals surface area (Å²) in [6.07, 6.45) is -1.25. The van der Waals surface area contributed by atoms with Gasteiger partial charge in [-0.15, -0.1) is 0 Å². The van der Waals surface area contributed by atoms with Crippen LogP contribution in [0.5, 0.6) is 0 Å². The molecule has 0 aliphatic carbocycles. The number of hydrogen-bond donors (Lipinski definition) is 0. The summed E-state index contributed by atoms with van der Waals surface area (Å²) in [6, 6.07) is 0. The van der Waals surface area contributed by atoms with Crippen molar-refractivity contribution < 1.29 is 14.6 Å². The predicted molar refractivity (Wildman–Crippen MR) is 64.1 cm³/mol. The maximum absolute atomic E-state index is 10.8. The minimum Gasteiger partial charge on any atom is -0.363 e. The summed E-state index contributed by atoms with van der Waals surface area (Å²) in [5.74, 6) is 0. The SMILES string of the molecule is CCOC([C@](C)(Br)[N+](=O)[O-])[C@](C)(Br)[N+](=O)[O-]. The van der Waals surface area contributed by atoms with Gasteiger partial charge in [0.25, 0.3) is 0 Å². The zero-order chi connectivity index (χ0) is 13.1. The number of nitro groups is 2. The molecule has 16 heavy (non-hydrogen) atoms. The Bertz CT molecular complexity index is 269. The summed E-state index contributed by atoms with van der Waals surface area (Å²) in [6.45, 7) is 4.18. The first-order valence-electron chi connectivity index (χ1n) is 4.36. The lowest BCUT2D eigenvalue weighted by Gasteiger charge is -2.29. The third-order valence-corrected chi connectivity index (χ3v) is 3.42. The zero-order valence-corrected chi connectivity index (χ0v) is 12.1. The van der Waals surface area contributed by atoms with Crippen molar-refractivity contribution in [1.82, 2.24) is 0 Å². The number of ether oxygens (including phenoxy) is 1. The van der Waals surface area contributed by atoms with Gasteiger partial charge in [-0.05, 0) is 6.92 Å². The van der Waals surface area contributed by atoms with Crippen molar-refractivity contribution in [1.29, 1.82) is 0 Å². The second-order valence-corrected chi connectivity index (χ2v) is 6.61. The van der Waals surface area contributed by atoms with Gasteiger partial charge in [-0.1, -0.05) is 0 Å². The highest BCUT2D eigenvalue weighted by molar-refractivity contribution is 9.10. The topological polar surface area (TPSA) is 95.5 Å². The molecule has 94 valence electrons. The lowest BCUT2D eigenvalue weighted by atomic mass is 10.1. The summed E-state index contributed by atoms with van der Waals surface area (Å²) in [4.78, 5) is 20.4. The first-order chi connectivity index (χ1) is 7.08. The van der Waals surface area contributed by atoms with Gasteiger partial charge in [0.15, 0.2) is 0 Å². The van der Waals surface area contributed by atoms with Crippen molar-refractivity contribution in [2.75, 3.05) is 6.61 Å². The highest BCUT2D eigenvalue weighted by Gasteiger charge is 2.60. The zero-order valence-electron chi connectivity index (χ0n) is 8.98. The number of hydrogen-bond acceptors (Lipinski definition) is 5. The van der Waals surface area contributed by atoms with Gasteiger partial charge < -0.3 is 4.74 Å². The van der Waals surface area contributed by atoms with Gasteiger partial charge in [0, 0.05) is 62.2 Å². The molecule has 2 atom stereocenters. The third-order valence-electron chi connectivity index (χ3n) is 2.00. The highest BCUT2D eigenvalue weighted by atomic mass is 79.9. The first-order valence-corrected chi connectivity index (χ1v) is 5.95. The molecule has 0 saturated carbocycles. The van der Waals surface area contributed by atoms with Crippen LogP contribution in [0.1, 0.15) is 20.8 Å². The first kappa shape index (κ1) is 15.7. The lowest BCUT2D eigenvalue weighted by Crippen LogP contribution is -2.56. The second-order valence-electron chi connectivity index (χ2n) is 3.40. The van der Waals surface area contributed by atoms with Gasteiger partial charge >= 0.3 is 8.90 Å². The van der Waals surface area contributed by atoms with E-state index >= 15 is 0 Å². The summed E-state index contributed by atoms with van der Waals surface area (Å²) >= 11 is 5.72. The van der Waals surface area contributed by atoms with E-state index in [-0.39, 0.29) is 6.61 Å². The maximum atomic E-state index is 10.8. The molecule has 0 radical (unpaired) electrons. The van der Waals surface area contributed by atoms with Crippen LogP contribution in [0.15, 0.2) is 0 Å². The predicted octanol–water partition coefficient (Wildman–Crippen LogP) is 2.17. The molecule has 9 heteroatoms. The van der Waals surface area contributed by atoms with Gasteiger partial charge in [-0.2, -0.15) is 0 Å². The number of nitrogens with zero attached hydrogens (tertiary/aromatic N) is 2. The fraction of sp³-hybridized carbons (Fsp3) is 1.00. The Balaban J connectivity index is 5.31. The molecule has 0 unspecified atom stereocenters. The molecule has 0 aromatic heterocycles. The standard InChI is InChI=1S/C7H12Br2N2O5/c1-4-16-5(6(2,8)10(12)13)7(3,9)11(14)15/h5H,4H2,1-3H3/t6-,7-/m1/s1. The Hall–Kier alpha value is -0.280. The van der Waals surface area contributed by atoms with Gasteiger partial charge in [-0.3, -0.25) is 20.2 Å². The van der Waals surface area contributed by atoms with Gasteiger partial charge in [0.2, 0.25) is 6.10 Å². The molecule has 0 N–H and O–H groups in total. The van der Waals surface area contributed by atoms with E-state index in [4.69, 9.17) is 4.74 Å². The van der Waals surface area contributed by atoms with E-state index < -0.39 is 24.8 Å². The Morgan fingerprint density at radius 2 is 1.50 bits per heavy atom. The molecule has 0 heterocycles. The Morgan fingerprint density at radius 3 is 1.69 bits per heavy atom. The van der Waals surface area contributed by atoms with Crippen molar-refractivity contribution in [3.8, 4) is 0 Å². The molecule has 0 rings (SSSR count). The molecular formula is C7H12Br2N2O5. The molecule has 0 aromatic rings. The van der Waals surface area contributed by atoms with Crippen molar-refractivity contribution in [3.05, 3.63) is 20.2 Å². The van der Waals surface area contributed by atoms with E-state index in [2.05, 4.69) is 31.9 Å². The molecule has 0 bridgehead atoms. The van der Waals surface area contributed by atoms with Crippen LogP contribution in [0, 0.1) is 20.2 Å². The molecule has 0 fully saturated rings. The Labute approximate surface area is 109 Å². The van der Waals surface area contributed by atoms with E-state index in [1.165, 1.54) is 13.8 Å². The van der Waals surface area contributed by atoms with Gasteiger partial charge in [-0.25, -0.2) is 0 Å². The molecule has 0 aliphatic rings. The molecule has 0 aliphatic heterocycles. The van der Waals surface area contributed by atoms with Crippen molar-refractivity contribution in [2.45, 2.75) is 35.8 Å². The minimum absolute atomic E-state index is 0.134. The average molecular weight is 364 g/mol. The largest absolute Gasteiger partial charge is 0.363 e. The van der Waals surface area contributed by atoms with Crippen LogP contribution in [0.4, 0.5) is 0 Å². The average Bonchev–Trinajstić information content (AvgIpc) is 2.12. The van der Waals surface area contributed by atoms with Crippen LogP contribution in [0.25, 0.3) is 0 Å². The van der Waals surface area contributed by atoms with E-state index in [0.29, 0.717) is 0 Å².